The van der Waals surface area contributed by atoms with E-state index in [4.69, 9.17) is 14.3 Å². The van der Waals surface area contributed by atoms with E-state index in [1.54, 1.807) is 6.92 Å². The topological polar surface area (TPSA) is 106 Å². The largest absolute Gasteiger partial charge is 0.478 e. The van der Waals surface area contributed by atoms with Crippen LogP contribution >= 0.6 is 0 Å². The predicted molar refractivity (Wildman–Crippen MR) is 68.1 cm³/mol. The molecule has 110 valence electrons. The quantitative estimate of drug-likeness (QED) is 0.729. The minimum Gasteiger partial charge on any atom is -0.478 e. The fourth-order valence-electron chi connectivity index (χ4n) is 1.57. The number of rotatable bonds is 7. The maximum Gasteiger partial charge on any atom is 0.339 e. The van der Waals surface area contributed by atoms with Gasteiger partial charge in [0.15, 0.2) is 0 Å². The fraction of sp³-hybridized carbons (Fsp3) is 0.462. The zero-order chi connectivity index (χ0) is 15.1. The van der Waals surface area contributed by atoms with Crippen molar-refractivity contribution in [1.29, 1.82) is 0 Å². The summed E-state index contributed by atoms with van der Waals surface area (Å²) in [6.07, 6.45) is 0.0293. The maximum atomic E-state index is 11.5. The van der Waals surface area contributed by atoms with E-state index in [1.165, 1.54) is 13.0 Å². The van der Waals surface area contributed by atoms with Crippen molar-refractivity contribution >= 4 is 17.8 Å². The number of carboxylic acids is 1. The second kappa shape index (κ2) is 7.32. The number of hydrogen-bond donors (Lipinski definition) is 2. The molecule has 1 aromatic rings. The number of ether oxygens (including phenoxy) is 1. The summed E-state index contributed by atoms with van der Waals surface area (Å²) >= 11 is 0. The van der Waals surface area contributed by atoms with Gasteiger partial charge in [0.1, 0.15) is 17.1 Å². The summed E-state index contributed by atoms with van der Waals surface area (Å²) in [6, 6.07) is 1.36. The van der Waals surface area contributed by atoms with E-state index in [0.29, 0.717) is 5.76 Å². The monoisotopic (exact) mass is 283 g/mol. The highest BCUT2D eigenvalue weighted by Gasteiger charge is 2.14. The average molecular weight is 283 g/mol. The van der Waals surface area contributed by atoms with E-state index < -0.39 is 11.9 Å². The van der Waals surface area contributed by atoms with Crippen LogP contribution in [-0.2, 0) is 20.9 Å². The molecule has 0 saturated heterocycles. The molecule has 0 aliphatic rings. The van der Waals surface area contributed by atoms with Crippen LogP contribution in [0.25, 0.3) is 0 Å². The van der Waals surface area contributed by atoms with Crippen molar-refractivity contribution in [3.8, 4) is 0 Å². The van der Waals surface area contributed by atoms with Crippen LogP contribution in [0.4, 0.5) is 0 Å². The van der Waals surface area contributed by atoms with E-state index in [2.05, 4.69) is 5.32 Å². The van der Waals surface area contributed by atoms with Crippen LogP contribution in [0, 0.1) is 6.92 Å². The molecule has 0 bridgehead atoms. The van der Waals surface area contributed by atoms with Gasteiger partial charge in [-0.2, -0.15) is 0 Å². The first-order valence-corrected chi connectivity index (χ1v) is 6.19. The number of carboxylic acid groups (broad SMARTS) is 1. The van der Waals surface area contributed by atoms with Crippen molar-refractivity contribution in [2.75, 3.05) is 6.61 Å². The van der Waals surface area contributed by atoms with Crippen LogP contribution in [-0.4, -0.2) is 29.6 Å². The van der Waals surface area contributed by atoms with Crippen molar-refractivity contribution < 1.29 is 28.6 Å². The summed E-state index contributed by atoms with van der Waals surface area (Å²) in [5.74, 6) is -1.20. The van der Waals surface area contributed by atoms with Crippen LogP contribution < -0.4 is 5.32 Å². The van der Waals surface area contributed by atoms with Gasteiger partial charge in [-0.05, 0) is 19.9 Å². The van der Waals surface area contributed by atoms with Crippen LogP contribution in [0.15, 0.2) is 10.5 Å². The number of carbonyl (C=O) groups is 3. The molecule has 1 rings (SSSR count). The second-order valence-electron chi connectivity index (χ2n) is 4.07. The van der Waals surface area contributed by atoms with Crippen molar-refractivity contribution in [2.24, 2.45) is 0 Å². The lowest BCUT2D eigenvalue weighted by molar-refractivity contribution is -0.144. The number of esters is 1. The van der Waals surface area contributed by atoms with Gasteiger partial charge in [-0.1, -0.05) is 0 Å². The van der Waals surface area contributed by atoms with Gasteiger partial charge in [-0.3, -0.25) is 9.59 Å². The summed E-state index contributed by atoms with van der Waals surface area (Å²) in [4.78, 5) is 33.3. The summed E-state index contributed by atoms with van der Waals surface area (Å²) in [5, 5.41) is 11.4. The first kappa shape index (κ1) is 15.7. The minimum absolute atomic E-state index is 0.0111. The first-order chi connectivity index (χ1) is 9.43. The Bertz CT molecular complexity index is 505. The van der Waals surface area contributed by atoms with Gasteiger partial charge in [0, 0.05) is 6.42 Å². The van der Waals surface area contributed by atoms with Crippen LogP contribution in [0.3, 0.4) is 0 Å². The van der Waals surface area contributed by atoms with Crippen molar-refractivity contribution in [3.63, 3.8) is 0 Å². The molecule has 7 heteroatoms. The highest BCUT2D eigenvalue weighted by Crippen LogP contribution is 2.14. The number of nitrogens with one attached hydrogen (secondary N) is 1. The van der Waals surface area contributed by atoms with Gasteiger partial charge in [-0.15, -0.1) is 0 Å². The first-order valence-electron chi connectivity index (χ1n) is 6.19. The lowest BCUT2D eigenvalue weighted by Crippen LogP contribution is -2.23. The van der Waals surface area contributed by atoms with E-state index >= 15 is 0 Å². The van der Waals surface area contributed by atoms with Crippen LogP contribution in [0.5, 0.6) is 0 Å². The SMILES string of the molecule is CCOC(=O)CCC(=O)NCc1cc(C(=O)O)c(C)o1. The Balaban J connectivity index is 2.39. The van der Waals surface area contributed by atoms with Crippen molar-refractivity contribution in [1.82, 2.24) is 5.32 Å². The molecule has 0 atom stereocenters. The van der Waals surface area contributed by atoms with Gasteiger partial charge in [0.2, 0.25) is 5.91 Å². The Morgan fingerprint density at radius 2 is 2.05 bits per heavy atom. The van der Waals surface area contributed by atoms with E-state index in [1.807, 2.05) is 0 Å². The van der Waals surface area contributed by atoms with E-state index in [0.717, 1.165) is 0 Å². The second-order valence-corrected chi connectivity index (χ2v) is 4.07. The third kappa shape index (κ3) is 4.75. The van der Waals surface area contributed by atoms with Crippen LogP contribution in [0.1, 0.15) is 41.6 Å². The summed E-state index contributed by atoms with van der Waals surface area (Å²) in [5.41, 5.74) is 0.0702. The zero-order valence-corrected chi connectivity index (χ0v) is 11.4. The molecule has 7 nitrogen and oxygen atoms in total. The molecule has 1 amide bonds. The summed E-state index contributed by atoms with van der Waals surface area (Å²) < 4.78 is 9.90. The minimum atomic E-state index is -1.08. The molecule has 0 aromatic carbocycles. The fourth-order valence-corrected chi connectivity index (χ4v) is 1.57. The van der Waals surface area contributed by atoms with Crippen molar-refractivity contribution in [2.45, 2.75) is 33.2 Å². The molecule has 1 aromatic heterocycles. The Hall–Kier alpha value is -2.31. The molecule has 0 aliphatic heterocycles. The number of carbonyl (C=O) groups excluding carboxylic acids is 2. The standard InChI is InChI=1S/C13H17NO6/c1-3-19-12(16)5-4-11(15)14-7-9-6-10(13(17)18)8(2)20-9/h6H,3-5,7H2,1-2H3,(H,14,15)(H,17,18). The highest BCUT2D eigenvalue weighted by atomic mass is 16.5. The zero-order valence-electron chi connectivity index (χ0n) is 11.4. The Morgan fingerprint density at radius 3 is 2.60 bits per heavy atom. The van der Waals surface area contributed by atoms with Gasteiger partial charge in [-0.25, -0.2) is 4.79 Å². The number of furan rings is 1. The molecule has 0 aliphatic carbocycles. The van der Waals surface area contributed by atoms with E-state index in [-0.39, 0.29) is 43.2 Å². The number of amides is 1. The molecule has 0 saturated carbocycles. The lowest BCUT2D eigenvalue weighted by atomic mass is 10.2. The molecule has 0 unspecified atom stereocenters. The molecular weight excluding hydrogens is 266 g/mol. The maximum absolute atomic E-state index is 11.5. The molecule has 20 heavy (non-hydrogen) atoms. The molecular formula is C13H17NO6. The average Bonchev–Trinajstić information content (AvgIpc) is 2.76. The Morgan fingerprint density at radius 1 is 1.35 bits per heavy atom. The third-order valence-corrected chi connectivity index (χ3v) is 2.52. The predicted octanol–water partition coefficient (Wildman–Crippen LogP) is 1.25. The summed E-state index contributed by atoms with van der Waals surface area (Å²) in [7, 11) is 0. The van der Waals surface area contributed by atoms with Gasteiger partial charge in [0.25, 0.3) is 0 Å². The number of hydrogen-bond acceptors (Lipinski definition) is 5. The molecule has 1 heterocycles. The van der Waals surface area contributed by atoms with Gasteiger partial charge >= 0.3 is 11.9 Å². The number of aromatic carboxylic acids is 1. The Kier molecular flexibility index (Phi) is 5.76. The van der Waals surface area contributed by atoms with E-state index in [9.17, 15) is 14.4 Å². The third-order valence-electron chi connectivity index (χ3n) is 2.52. The molecule has 0 spiro atoms. The molecule has 0 radical (unpaired) electrons. The van der Waals surface area contributed by atoms with Gasteiger partial charge in [0.05, 0.1) is 19.6 Å². The highest BCUT2D eigenvalue weighted by molar-refractivity contribution is 5.88. The molecule has 2 N–H and O–H groups in total. The normalized spacial score (nSPS) is 10.1. The van der Waals surface area contributed by atoms with Crippen molar-refractivity contribution in [3.05, 3.63) is 23.2 Å². The Labute approximate surface area is 115 Å². The van der Waals surface area contributed by atoms with Gasteiger partial charge < -0.3 is 19.6 Å². The van der Waals surface area contributed by atoms with Crippen LogP contribution in [0.2, 0.25) is 0 Å². The lowest BCUT2D eigenvalue weighted by Gasteiger charge is -2.03. The number of aryl methyl sites for hydroxylation is 1. The summed E-state index contributed by atoms with van der Waals surface area (Å²) in [6.45, 7) is 3.59. The smallest absolute Gasteiger partial charge is 0.339 e. The molecule has 0 fully saturated rings.